The first-order chi connectivity index (χ1) is 26.7. The molecule has 3 aromatic carbocycles. The van der Waals surface area contributed by atoms with Crippen molar-refractivity contribution in [2.24, 2.45) is 0 Å². The number of carbonyl (C=O) groups is 4. The third kappa shape index (κ3) is 12.6. The summed E-state index contributed by atoms with van der Waals surface area (Å²) in [5.41, 5.74) is 11.1. The minimum absolute atomic E-state index is 0.0213. The highest BCUT2D eigenvalue weighted by Crippen LogP contribution is 2.36. The Hall–Kier alpha value is -5.34. The number of nitrogen functional groups attached to an aromatic ring is 1. The molecule has 0 bridgehead atoms. The summed E-state index contributed by atoms with van der Waals surface area (Å²) in [5.74, 6) is 0.194. The summed E-state index contributed by atoms with van der Waals surface area (Å²) >= 11 is 0. The standard InChI is InChI=1S/C42H58N6O8/c1-29-17-20-33(35(28-29)55-26-12-8-9-16-36(49)45-48-24-22-46(5)23-25-48)47(6)40(51)31-18-19-32(39(53-7)37(31)43)38(50)30-14-10-11-15-34(30)54-27-13-21-44-41(52)56-42(2,3)4/h10-11,14-15,17-20,28H,8-9,12-13,16,21-27,43H2,1-7H3,(H,44,52)(H,45,49). The van der Waals surface area contributed by atoms with E-state index >= 15 is 0 Å². The largest absolute Gasteiger partial charge is 0.494 e. The molecule has 4 N–H and O–H groups in total. The zero-order valence-electron chi connectivity index (χ0n) is 33.9. The maximum atomic E-state index is 13.9. The second-order valence-corrected chi connectivity index (χ2v) is 14.9. The van der Waals surface area contributed by atoms with Gasteiger partial charge in [0.15, 0.2) is 5.75 Å². The molecule has 0 unspecified atom stereocenters. The Morgan fingerprint density at radius 3 is 2.23 bits per heavy atom. The summed E-state index contributed by atoms with van der Waals surface area (Å²) in [4.78, 5) is 55.9. The Labute approximate surface area is 330 Å². The molecule has 1 heterocycles. The van der Waals surface area contributed by atoms with Crippen LogP contribution in [-0.2, 0) is 9.53 Å². The lowest BCUT2D eigenvalue weighted by atomic mass is 9.98. The molecule has 14 nitrogen and oxygen atoms in total. The van der Waals surface area contributed by atoms with Crippen LogP contribution in [0, 0.1) is 6.92 Å². The van der Waals surface area contributed by atoms with E-state index in [1.807, 2.05) is 30.1 Å². The second kappa shape index (κ2) is 20.5. The van der Waals surface area contributed by atoms with Gasteiger partial charge < -0.3 is 39.8 Å². The molecule has 0 atom stereocenters. The first kappa shape index (κ1) is 43.4. The van der Waals surface area contributed by atoms with Crippen molar-refractivity contribution in [3.8, 4) is 17.2 Å². The number of nitrogens with one attached hydrogen (secondary N) is 2. The van der Waals surface area contributed by atoms with Crippen molar-refractivity contribution in [2.75, 3.05) is 77.8 Å². The van der Waals surface area contributed by atoms with Crippen molar-refractivity contribution in [1.82, 2.24) is 20.7 Å². The van der Waals surface area contributed by atoms with Gasteiger partial charge >= 0.3 is 6.09 Å². The molecule has 0 radical (unpaired) electrons. The Kier molecular flexibility index (Phi) is 15.9. The maximum absolute atomic E-state index is 13.9. The van der Waals surface area contributed by atoms with Crippen LogP contribution >= 0.6 is 0 Å². The summed E-state index contributed by atoms with van der Waals surface area (Å²) in [6, 6.07) is 15.5. The van der Waals surface area contributed by atoms with E-state index in [9.17, 15) is 19.2 Å². The molecular weight excluding hydrogens is 716 g/mol. The van der Waals surface area contributed by atoms with E-state index in [1.165, 1.54) is 24.1 Å². The zero-order valence-corrected chi connectivity index (χ0v) is 33.9. The van der Waals surface area contributed by atoms with Crippen LogP contribution in [0.25, 0.3) is 0 Å². The van der Waals surface area contributed by atoms with E-state index in [2.05, 4.69) is 22.7 Å². The van der Waals surface area contributed by atoms with Crippen LogP contribution in [-0.4, -0.2) is 106 Å². The highest BCUT2D eigenvalue weighted by molar-refractivity contribution is 6.16. The van der Waals surface area contributed by atoms with Gasteiger partial charge in [-0.15, -0.1) is 0 Å². The minimum atomic E-state index is -0.597. The number of rotatable bonds is 18. The van der Waals surface area contributed by atoms with Gasteiger partial charge in [0, 0.05) is 46.2 Å². The summed E-state index contributed by atoms with van der Waals surface area (Å²) < 4.78 is 23.0. The summed E-state index contributed by atoms with van der Waals surface area (Å²) in [7, 11) is 5.11. The maximum Gasteiger partial charge on any atom is 0.407 e. The van der Waals surface area contributed by atoms with Crippen molar-refractivity contribution < 1.29 is 38.1 Å². The number of aryl methyl sites for hydroxylation is 1. The van der Waals surface area contributed by atoms with Crippen molar-refractivity contribution in [3.63, 3.8) is 0 Å². The number of ketones is 1. The number of piperazine rings is 1. The topological polar surface area (TPSA) is 165 Å². The number of para-hydroxylation sites is 1. The third-order valence-corrected chi connectivity index (χ3v) is 9.13. The molecular formula is C42H58N6O8. The summed E-state index contributed by atoms with van der Waals surface area (Å²) in [5, 5.41) is 4.67. The Bertz CT molecular complexity index is 1820. The monoisotopic (exact) mass is 774 g/mol. The lowest BCUT2D eigenvalue weighted by Gasteiger charge is -2.32. The first-order valence-corrected chi connectivity index (χ1v) is 19.1. The molecule has 0 aromatic heterocycles. The zero-order chi connectivity index (χ0) is 40.8. The fourth-order valence-corrected chi connectivity index (χ4v) is 6.07. The molecule has 304 valence electrons. The number of hydrogen-bond acceptors (Lipinski definition) is 11. The lowest BCUT2D eigenvalue weighted by Crippen LogP contribution is -2.52. The number of nitrogens with two attached hydrogens (primary N) is 1. The molecule has 1 aliphatic heterocycles. The van der Waals surface area contributed by atoms with E-state index in [-0.39, 0.29) is 40.6 Å². The van der Waals surface area contributed by atoms with Crippen LogP contribution in [0.15, 0.2) is 54.6 Å². The number of anilines is 2. The van der Waals surface area contributed by atoms with E-state index in [0.29, 0.717) is 43.2 Å². The van der Waals surface area contributed by atoms with Gasteiger partial charge in [0.2, 0.25) is 11.7 Å². The fraction of sp³-hybridized carbons (Fsp3) is 0.476. The van der Waals surface area contributed by atoms with Gasteiger partial charge in [-0.25, -0.2) is 9.80 Å². The van der Waals surface area contributed by atoms with Crippen LogP contribution in [0.1, 0.15) is 84.7 Å². The molecule has 1 aliphatic rings. The van der Waals surface area contributed by atoms with Gasteiger partial charge in [-0.05, 0) is 102 Å². The summed E-state index contributed by atoms with van der Waals surface area (Å²) in [6.07, 6.45) is 2.72. The van der Waals surface area contributed by atoms with Crippen LogP contribution < -0.4 is 35.6 Å². The predicted octanol–water partition coefficient (Wildman–Crippen LogP) is 5.60. The average molecular weight is 775 g/mol. The molecule has 56 heavy (non-hydrogen) atoms. The van der Waals surface area contributed by atoms with Gasteiger partial charge in [-0.1, -0.05) is 18.2 Å². The van der Waals surface area contributed by atoms with Crippen LogP contribution in [0.3, 0.4) is 0 Å². The fourth-order valence-electron chi connectivity index (χ4n) is 6.07. The van der Waals surface area contributed by atoms with Crippen LogP contribution in [0.4, 0.5) is 16.2 Å². The number of unbranched alkanes of at least 4 members (excludes halogenated alkanes) is 2. The van der Waals surface area contributed by atoms with Crippen LogP contribution in [0.5, 0.6) is 17.2 Å². The van der Waals surface area contributed by atoms with Gasteiger partial charge in [-0.2, -0.15) is 0 Å². The van der Waals surface area contributed by atoms with E-state index < -0.39 is 23.4 Å². The quantitative estimate of drug-likeness (QED) is 0.0837. The lowest BCUT2D eigenvalue weighted by molar-refractivity contribution is -0.126. The number of alkyl carbamates (subject to hydrolysis) is 1. The van der Waals surface area contributed by atoms with Gasteiger partial charge in [0.05, 0.1) is 48.4 Å². The molecule has 0 saturated carbocycles. The number of hydrogen-bond donors (Lipinski definition) is 3. The minimum Gasteiger partial charge on any atom is -0.494 e. The molecule has 1 saturated heterocycles. The number of hydrazine groups is 1. The molecule has 0 aliphatic carbocycles. The smallest absolute Gasteiger partial charge is 0.407 e. The van der Waals surface area contributed by atoms with E-state index in [0.717, 1.165) is 51.0 Å². The van der Waals surface area contributed by atoms with Crippen molar-refractivity contribution in [1.29, 1.82) is 0 Å². The molecule has 14 heteroatoms. The summed E-state index contributed by atoms with van der Waals surface area (Å²) in [6.45, 7) is 11.8. The highest BCUT2D eigenvalue weighted by atomic mass is 16.6. The Morgan fingerprint density at radius 2 is 1.52 bits per heavy atom. The molecule has 1 fully saturated rings. The number of methoxy groups -OCH3 is 1. The predicted molar refractivity (Wildman–Crippen MR) is 217 cm³/mol. The number of ether oxygens (including phenoxy) is 4. The van der Waals surface area contributed by atoms with Crippen molar-refractivity contribution >= 4 is 35.1 Å². The van der Waals surface area contributed by atoms with E-state index in [4.69, 9.17) is 24.7 Å². The van der Waals surface area contributed by atoms with Crippen molar-refractivity contribution in [2.45, 2.75) is 65.4 Å². The van der Waals surface area contributed by atoms with E-state index in [1.54, 1.807) is 52.1 Å². The normalized spacial score (nSPS) is 13.4. The van der Waals surface area contributed by atoms with Crippen molar-refractivity contribution in [3.05, 3.63) is 76.9 Å². The Morgan fingerprint density at radius 1 is 0.839 bits per heavy atom. The number of benzene rings is 3. The second-order valence-electron chi connectivity index (χ2n) is 14.9. The number of carbonyl (C=O) groups excluding carboxylic acids is 4. The molecule has 3 aromatic rings. The van der Waals surface area contributed by atoms with Crippen LogP contribution in [0.2, 0.25) is 0 Å². The number of likely N-dealkylation sites (N-methyl/N-ethyl adjacent to an activating group) is 1. The van der Waals surface area contributed by atoms with Gasteiger partial charge in [0.1, 0.15) is 17.1 Å². The molecule has 3 amide bonds. The Balaban J connectivity index is 1.36. The molecule has 4 rings (SSSR count). The van der Waals surface area contributed by atoms with Gasteiger partial charge in [0.25, 0.3) is 5.91 Å². The first-order valence-electron chi connectivity index (χ1n) is 19.1. The number of amides is 3. The number of nitrogens with zero attached hydrogens (tertiary/aromatic N) is 3. The molecule has 0 spiro atoms. The third-order valence-electron chi connectivity index (χ3n) is 9.13. The average Bonchev–Trinajstić information content (AvgIpc) is 3.15. The highest BCUT2D eigenvalue weighted by Gasteiger charge is 2.26. The van der Waals surface area contributed by atoms with Gasteiger partial charge in [-0.3, -0.25) is 19.8 Å². The SMILES string of the molecule is COc1c(C(=O)c2ccccc2OCCCNC(=O)OC(C)(C)C)ccc(C(=O)N(C)c2ccc(C)cc2OCCCCCC(=O)NN2CCN(C)CC2)c1N.